The van der Waals surface area contributed by atoms with Crippen LogP contribution in [0.25, 0.3) is 55.7 Å². The normalized spacial score (nSPS) is 10.9. The number of fused-ring (bicyclic) bond motifs is 1. The first kappa shape index (κ1) is 32.6. The summed E-state index contributed by atoms with van der Waals surface area (Å²) >= 11 is 0. The van der Waals surface area contributed by atoms with E-state index >= 15 is 0 Å². The van der Waals surface area contributed by atoms with Crippen molar-refractivity contribution < 1.29 is 20.1 Å². The summed E-state index contributed by atoms with van der Waals surface area (Å²) in [6.45, 7) is 8.82. The minimum atomic E-state index is 0. The van der Waals surface area contributed by atoms with Gasteiger partial charge in [0.15, 0.2) is 0 Å². The van der Waals surface area contributed by atoms with Gasteiger partial charge in [-0.1, -0.05) is 92.6 Å². The number of benzene rings is 4. The van der Waals surface area contributed by atoms with E-state index < -0.39 is 0 Å². The Balaban J connectivity index is 0.000000250. The van der Waals surface area contributed by atoms with Gasteiger partial charge >= 0.3 is 0 Å². The first-order valence-electron chi connectivity index (χ1n) is 15.2. The first-order chi connectivity index (χ1) is 21.9. The molecule has 0 saturated carbocycles. The molecule has 0 fully saturated rings. The third-order valence-corrected chi connectivity index (χ3v) is 7.76. The summed E-state index contributed by atoms with van der Waals surface area (Å²) < 4.78 is 0. The van der Waals surface area contributed by atoms with E-state index in [0.717, 1.165) is 44.5 Å². The van der Waals surface area contributed by atoms with Crippen LogP contribution >= 0.6 is 0 Å². The Morgan fingerprint density at radius 2 is 1.30 bits per heavy atom. The molecular formula is C42H35IrN3-2. The summed E-state index contributed by atoms with van der Waals surface area (Å²) in [6.07, 6.45) is 5.51. The molecule has 46 heavy (non-hydrogen) atoms. The molecule has 7 aromatic rings. The summed E-state index contributed by atoms with van der Waals surface area (Å²) in [6, 6.07) is 48.0. The van der Waals surface area contributed by atoms with Crippen LogP contribution in [0, 0.1) is 19.1 Å². The number of aromatic nitrogens is 3. The molecule has 0 unspecified atom stereocenters. The molecule has 3 aromatic heterocycles. The van der Waals surface area contributed by atoms with Crippen molar-refractivity contribution in [2.45, 2.75) is 33.1 Å². The number of pyridine rings is 3. The van der Waals surface area contributed by atoms with Crippen molar-refractivity contribution in [3.05, 3.63) is 163 Å². The van der Waals surface area contributed by atoms with Gasteiger partial charge in [0, 0.05) is 44.1 Å². The Bertz CT molecular complexity index is 2050. The van der Waals surface area contributed by atoms with Crippen LogP contribution in [0.1, 0.15) is 31.9 Å². The quantitative estimate of drug-likeness (QED) is 0.167. The Morgan fingerprint density at radius 3 is 2.07 bits per heavy atom. The van der Waals surface area contributed by atoms with E-state index in [4.69, 9.17) is 4.98 Å². The van der Waals surface area contributed by atoms with Crippen LogP contribution in [0.5, 0.6) is 0 Å². The maximum Gasteiger partial charge on any atom is 0.0770 e. The standard InChI is InChI=1S/C30H25N2.C12H10N.Ir/c1-30(2,3)24-12-7-10-22(20-24)25-15-16-26(29-27(25)13-8-18-32-29)21-9-6-11-23(19-21)28-14-4-5-17-31-28;1-10-7-8-13-12(9-10)11-5-3-2-4-6-11;/h4-10,12-20H,1-3H3;2-5,7-9H,1H3;/q2*-1;. The van der Waals surface area contributed by atoms with E-state index in [1.165, 1.54) is 22.3 Å². The zero-order chi connectivity index (χ0) is 31.2. The first-order valence-corrected chi connectivity index (χ1v) is 15.2. The predicted octanol–water partition coefficient (Wildman–Crippen LogP) is 10.6. The summed E-state index contributed by atoms with van der Waals surface area (Å²) in [4.78, 5) is 13.6. The van der Waals surface area contributed by atoms with E-state index in [9.17, 15) is 0 Å². The fourth-order valence-corrected chi connectivity index (χ4v) is 5.35. The van der Waals surface area contributed by atoms with Crippen LogP contribution in [-0.4, -0.2) is 15.0 Å². The SMILES string of the molecule is CC(C)(C)c1cccc(-c2ccc(-c3cc[c-]c(-c4ccccn4)c3)c3ncccc23)c1.Cc1ccnc(-c2[c-]cccc2)c1.[Ir]. The Morgan fingerprint density at radius 1 is 0.543 bits per heavy atom. The molecule has 3 nitrogen and oxygen atoms in total. The van der Waals surface area contributed by atoms with Gasteiger partial charge < -0.3 is 9.97 Å². The van der Waals surface area contributed by atoms with Gasteiger partial charge in [0.2, 0.25) is 0 Å². The van der Waals surface area contributed by atoms with Crippen LogP contribution in [0.2, 0.25) is 0 Å². The number of hydrogen-bond donors (Lipinski definition) is 0. The molecule has 4 heteroatoms. The minimum Gasteiger partial charge on any atom is -0.305 e. The zero-order valence-electron chi connectivity index (χ0n) is 26.5. The third kappa shape index (κ3) is 7.54. The maximum atomic E-state index is 4.79. The third-order valence-electron chi connectivity index (χ3n) is 7.76. The molecule has 1 radical (unpaired) electrons. The second-order valence-electron chi connectivity index (χ2n) is 12.1. The van der Waals surface area contributed by atoms with Crippen molar-refractivity contribution in [3.63, 3.8) is 0 Å². The average molecular weight is 774 g/mol. The van der Waals surface area contributed by atoms with Gasteiger partial charge in [0.05, 0.1) is 5.52 Å². The van der Waals surface area contributed by atoms with Gasteiger partial charge in [-0.15, -0.1) is 65.7 Å². The monoisotopic (exact) mass is 774 g/mol. The van der Waals surface area contributed by atoms with Crippen molar-refractivity contribution in [2.75, 3.05) is 0 Å². The number of nitrogens with zero attached hydrogens (tertiary/aromatic N) is 3. The van der Waals surface area contributed by atoms with Crippen LogP contribution in [0.3, 0.4) is 0 Å². The Hall–Kier alpha value is -4.76. The van der Waals surface area contributed by atoms with Crippen molar-refractivity contribution in [1.82, 2.24) is 15.0 Å². The zero-order valence-corrected chi connectivity index (χ0v) is 28.8. The van der Waals surface area contributed by atoms with Crippen LogP contribution in [0.4, 0.5) is 0 Å². The maximum absolute atomic E-state index is 4.79. The van der Waals surface area contributed by atoms with Crippen LogP contribution in [-0.2, 0) is 25.5 Å². The van der Waals surface area contributed by atoms with Gasteiger partial charge in [0.25, 0.3) is 0 Å². The molecule has 0 saturated heterocycles. The molecule has 0 bridgehead atoms. The molecular weight excluding hydrogens is 739 g/mol. The molecule has 229 valence electrons. The van der Waals surface area contributed by atoms with E-state index in [-0.39, 0.29) is 25.5 Å². The molecule has 4 aromatic carbocycles. The molecule has 0 amide bonds. The van der Waals surface area contributed by atoms with Crippen LogP contribution < -0.4 is 0 Å². The van der Waals surface area contributed by atoms with Crippen molar-refractivity contribution in [3.8, 4) is 44.8 Å². The molecule has 0 spiro atoms. The molecule has 0 aliphatic heterocycles. The Kier molecular flexibility index (Phi) is 10.3. The number of hydrogen-bond acceptors (Lipinski definition) is 3. The number of aryl methyl sites for hydroxylation is 1. The molecule has 0 aliphatic rings. The molecule has 0 aliphatic carbocycles. The van der Waals surface area contributed by atoms with Gasteiger partial charge in [-0.05, 0) is 64.2 Å². The molecule has 7 rings (SSSR count). The smallest absolute Gasteiger partial charge is 0.0770 e. The molecule has 3 heterocycles. The van der Waals surface area contributed by atoms with E-state index in [1.54, 1.807) is 0 Å². The summed E-state index contributed by atoms with van der Waals surface area (Å²) in [5, 5.41) is 1.16. The Labute approximate surface area is 285 Å². The van der Waals surface area contributed by atoms with Crippen LogP contribution in [0.15, 0.2) is 140 Å². The minimum absolute atomic E-state index is 0. The average Bonchev–Trinajstić information content (AvgIpc) is 3.09. The molecule has 0 N–H and O–H groups in total. The largest absolute Gasteiger partial charge is 0.305 e. The predicted molar refractivity (Wildman–Crippen MR) is 187 cm³/mol. The fraction of sp³-hybridized carbons (Fsp3) is 0.119. The van der Waals surface area contributed by atoms with Crippen molar-refractivity contribution in [1.29, 1.82) is 0 Å². The van der Waals surface area contributed by atoms with Gasteiger partial charge in [0.1, 0.15) is 0 Å². The summed E-state index contributed by atoms with van der Waals surface area (Å²) in [7, 11) is 0. The van der Waals surface area contributed by atoms with E-state index in [2.05, 4.69) is 110 Å². The summed E-state index contributed by atoms with van der Waals surface area (Å²) in [5.41, 5.74) is 12.2. The van der Waals surface area contributed by atoms with Gasteiger partial charge in [-0.25, -0.2) is 0 Å². The fourth-order valence-electron chi connectivity index (χ4n) is 5.35. The summed E-state index contributed by atoms with van der Waals surface area (Å²) in [5.74, 6) is 0. The molecule has 0 atom stereocenters. The second kappa shape index (κ2) is 14.6. The number of rotatable bonds is 4. The van der Waals surface area contributed by atoms with E-state index in [1.807, 2.05) is 79.3 Å². The topological polar surface area (TPSA) is 38.7 Å². The second-order valence-corrected chi connectivity index (χ2v) is 12.1. The van der Waals surface area contributed by atoms with Gasteiger partial charge in [-0.2, -0.15) is 0 Å². The van der Waals surface area contributed by atoms with E-state index in [0.29, 0.717) is 0 Å². The van der Waals surface area contributed by atoms with Gasteiger partial charge in [-0.3, -0.25) is 4.98 Å². The van der Waals surface area contributed by atoms with Crippen molar-refractivity contribution in [2.24, 2.45) is 0 Å². The van der Waals surface area contributed by atoms with Crippen molar-refractivity contribution >= 4 is 10.9 Å².